The molecular weight excluding hydrogens is 510 g/mol. The van der Waals surface area contributed by atoms with Crippen LogP contribution < -0.4 is 10.6 Å². The van der Waals surface area contributed by atoms with Gasteiger partial charge >= 0.3 is 6.18 Å². The van der Waals surface area contributed by atoms with E-state index in [-0.39, 0.29) is 36.9 Å². The number of halogens is 6. The average molecular weight is 545 g/mol. The third-order valence-electron chi connectivity index (χ3n) is 7.77. The van der Waals surface area contributed by atoms with Gasteiger partial charge in [-0.05, 0) is 62.7 Å². The maximum atomic E-state index is 15.6. The topological polar surface area (TPSA) is 57.3 Å². The molecule has 0 bridgehead atoms. The van der Waals surface area contributed by atoms with E-state index in [2.05, 4.69) is 20.5 Å². The van der Waals surface area contributed by atoms with Gasteiger partial charge in [0, 0.05) is 56.5 Å². The standard InChI is InChI=1S/C27H34F6N4O/c28-24(29)23-21(2-1-14-34-23)25(38)36-20-5-10-26(30,11-6-20)13-17-37-15-8-18-3-4-19(7-12-27(31,32)33)35-22(18)9-16-37/h1-4,14,19-20,24,35H,5-13,15-17H2,(H,36,38). The van der Waals surface area contributed by atoms with Crippen molar-refractivity contribution in [1.29, 1.82) is 0 Å². The van der Waals surface area contributed by atoms with E-state index in [1.54, 1.807) is 6.08 Å². The van der Waals surface area contributed by atoms with Crippen LogP contribution in [-0.4, -0.2) is 59.4 Å². The summed E-state index contributed by atoms with van der Waals surface area (Å²) in [5.41, 5.74) is 0.0107. The Morgan fingerprint density at radius 2 is 1.95 bits per heavy atom. The van der Waals surface area contributed by atoms with Gasteiger partial charge in [-0.1, -0.05) is 12.2 Å². The molecule has 11 heteroatoms. The molecule has 4 rings (SSSR count). The zero-order valence-electron chi connectivity index (χ0n) is 21.2. The highest BCUT2D eigenvalue weighted by Gasteiger charge is 2.36. The number of rotatable bonds is 8. The molecule has 1 aromatic rings. The molecule has 1 fully saturated rings. The van der Waals surface area contributed by atoms with Crippen molar-refractivity contribution in [2.45, 2.75) is 88.1 Å². The molecule has 3 heterocycles. The summed E-state index contributed by atoms with van der Waals surface area (Å²) in [4.78, 5) is 18.3. The zero-order chi connectivity index (χ0) is 27.3. The third-order valence-corrected chi connectivity index (χ3v) is 7.77. The van der Waals surface area contributed by atoms with Gasteiger partial charge in [-0.3, -0.25) is 9.78 Å². The van der Waals surface area contributed by atoms with E-state index in [4.69, 9.17) is 0 Å². The normalized spacial score (nSPS) is 26.6. The van der Waals surface area contributed by atoms with Crippen LogP contribution in [0.1, 0.15) is 80.3 Å². The molecule has 1 aliphatic carbocycles. The van der Waals surface area contributed by atoms with Crippen LogP contribution in [-0.2, 0) is 0 Å². The van der Waals surface area contributed by atoms with Crippen molar-refractivity contribution in [3.8, 4) is 0 Å². The number of pyridine rings is 1. The van der Waals surface area contributed by atoms with Crippen molar-refractivity contribution in [2.75, 3.05) is 19.6 Å². The first kappa shape index (κ1) is 28.4. The molecule has 1 amide bonds. The molecule has 1 saturated carbocycles. The van der Waals surface area contributed by atoms with Crippen LogP contribution in [0, 0.1) is 0 Å². The fourth-order valence-corrected chi connectivity index (χ4v) is 5.47. The second-order valence-corrected chi connectivity index (χ2v) is 10.5. The van der Waals surface area contributed by atoms with E-state index < -0.39 is 36.3 Å². The predicted octanol–water partition coefficient (Wildman–Crippen LogP) is 6.01. The highest BCUT2D eigenvalue weighted by atomic mass is 19.4. The molecule has 2 aliphatic heterocycles. The van der Waals surface area contributed by atoms with Crippen LogP contribution in [0.3, 0.4) is 0 Å². The Bertz CT molecular complexity index is 1030. The Hall–Kier alpha value is -2.56. The number of hydrogen-bond acceptors (Lipinski definition) is 4. The summed E-state index contributed by atoms with van der Waals surface area (Å²) in [5.74, 6) is -0.617. The second kappa shape index (κ2) is 12.1. The quantitative estimate of drug-likeness (QED) is 0.394. The Morgan fingerprint density at radius 1 is 1.21 bits per heavy atom. The Labute approximate surface area is 218 Å². The summed E-state index contributed by atoms with van der Waals surface area (Å²) in [7, 11) is 0. The number of nitrogens with zero attached hydrogens (tertiary/aromatic N) is 2. The van der Waals surface area contributed by atoms with Crippen LogP contribution in [0.15, 0.2) is 41.8 Å². The van der Waals surface area contributed by atoms with Gasteiger partial charge in [0.25, 0.3) is 12.3 Å². The summed E-state index contributed by atoms with van der Waals surface area (Å²) in [6.45, 7) is 2.03. The van der Waals surface area contributed by atoms with E-state index in [0.29, 0.717) is 38.8 Å². The Kier molecular flexibility index (Phi) is 9.05. The van der Waals surface area contributed by atoms with Crippen molar-refractivity contribution in [3.63, 3.8) is 0 Å². The van der Waals surface area contributed by atoms with Crippen LogP contribution in [0.4, 0.5) is 26.3 Å². The lowest BCUT2D eigenvalue weighted by molar-refractivity contribution is -0.136. The highest BCUT2D eigenvalue weighted by molar-refractivity contribution is 5.95. The molecule has 2 N–H and O–H groups in total. The van der Waals surface area contributed by atoms with Gasteiger partial charge in [-0.2, -0.15) is 13.2 Å². The monoisotopic (exact) mass is 544 g/mol. The van der Waals surface area contributed by atoms with Gasteiger partial charge in [0.15, 0.2) is 0 Å². The van der Waals surface area contributed by atoms with Crippen molar-refractivity contribution < 1.29 is 31.1 Å². The zero-order valence-corrected chi connectivity index (χ0v) is 21.2. The summed E-state index contributed by atoms with van der Waals surface area (Å²) in [5, 5.41) is 6.02. The van der Waals surface area contributed by atoms with Gasteiger partial charge in [0.1, 0.15) is 11.4 Å². The van der Waals surface area contributed by atoms with Crippen LogP contribution >= 0.6 is 0 Å². The summed E-state index contributed by atoms with van der Waals surface area (Å²) < 4.78 is 79.6. The summed E-state index contributed by atoms with van der Waals surface area (Å²) in [6, 6.07) is 2.14. The Morgan fingerprint density at radius 3 is 2.66 bits per heavy atom. The van der Waals surface area contributed by atoms with Crippen LogP contribution in [0.2, 0.25) is 0 Å². The van der Waals surface area contributed by atoms with Gasteiger partial charge in [-0.25, -0.2) is 13.2 Å². The number of nitrogens with one attached hydrogen (secondary N) is 2. The van der Waals surface area contributed by atoms with Crippen molar-refractivity contribution in [3.05, 3.63) is 53.0 Å². The van der Waals surface area contributed by atoms with Crippen LogP contribution in [0.5, 0.6) is 0 Å². The maximum absolute atomic E-state index is 15.6. The largest absolute Gasteiger partial charge is 0.389 e. The first-order valence-electron chi connectivity index (χ1n) is 13.2. The molecule has 3 aliphatic rings. The molecule has 0 spiro atoms. The SMILES string of the molecule is O=C(NC1CCC(F)(CCN2CCC3=C(CC2)NC(CCC(F)(F)F)C=C3)CC1)c1cccnc1C(F)F. The highest BCUT2D eigenvalue weighted by Crippen LogP contribution is 2.36. The molecule has 0 radical (unpaired) electrons. The maximum Gasteiger partial charge on any atom is 0.389 e. The third kappa shape index (κ3) is 7.74. The van der Waals surface area contributed by atoms with Crippen molar-refractivity contribution in [1.82, 2.24) is 20.5 Å². The van der Waals surface area contributed by atoms with Crippen molar-refractivity contribution in [2.24, 2.45) is 0 Å². The van der Waals surface area contributed by atoms with E-state index >= 15 is 4.39 Å². The number of alkyl halides is 6. The number of hydrogen-bond donors (Lipinski definition) is 2. The molecule has 210 valence electrons. The first-order valence-corrected chi connectivity index (χ1v) is 13.2. The lowest BCUT2D eigenvalue weighted by Crippen LogP contribution is -2.43. The second-order valence-electron chi connectivity index (χ2n) is 10.5. The minimum atomic E-state index is -4.17. The molecule has 1 atom stereocenters. The van der Waals surface area contributed by atoms with E-state index in [1.165, 1.54) is 18.3 Å². The summed E-state index contributed by atoms with van der Waals surface area (Å²) in [6.07, 6.45) is 0.302. The minimum Gasteiger partial charge on any atom is -0.382 e. The minimum absolute atomic E-state index is 0.00192. The fourth-order valence-electron chi connectivity index (χ4n) is 5.47. The first-order chi connectivity index (χ1) is 18.0. The van der Waals surface area contributed by atoms with Gasteiger partial charge < -0.3 is 15.5 Å². The number of allylic oxidation sites excluding steroid dienone is 1. The lowest BCUT2D eigenvalue weighted by atomic mass is 9.81. The molecule has 0 aromatic carbocycles. The number of carbonyl (C=O) groups excluding carboxylic acids is 1. The molecule has 0 saturated heterocycles. The fraction of sp³-hybridized carbons (Fsp3) is 0.630. The van der Waals surface area contributed by atoms with Gasteiger partial charge in [0.05, 0.1) is 5.56 Å². The number of dihydropyridines is 1. The predicted molar refractivity (Wildman–Crippen MR) is 131 cm³/mol. The van der Waals surface area contributed by atoms with Gasteiger partial charge in [-0.15, -0.1) is 0 Å². The Balaban J connectivity index is 1.20. The van der Waals surface area contributed by atoms with E-state index in [0.717, 1.165) is 24.2 Å². The average Bonchev–Trinajstić information content (AvgIpc) is 3.09. The lowest BCUT2D eigenvalue weighted by Gasteiger charge is -2.35. The summed E-state index contributed by atoms with van der Waals surface area (Å²) >= 11 is 0. The van der Waals surface area contributed by atoms with Crippen LogP contribution in [0.25, 0.3) is 0 Å². The van der Waals surface area contributed by atoms with Crippen molar-refractivity contribution >= 4 is 5.91 Å². The molecule has 1 aromatic heterocycles. The molecule has 1 unspecified atom stereocenters. The number of carbonyl (C=O) groups is 1. The smallest absolute Gasteiger partial charge is 0.382 e. The van der Waals surface area contributed by atoms with E-state index in [9.17, 15) is 26.7 Å². The van der Waals surface area contributed by atoms with Gasteiger partial charge in [0.2, 0.25) is 0 Å². The molecule has 5 nitrogen and oxygen atoms in total. The molecular formula is C27H34F6N4O. The number of amides is 1. The number of aromatic nitrogens is 1. The molecule has 38 heavy (non-hydrogen) atoms. The van der Waals surface area contributed by atoms with E-state index in [1.807, 2.05) is 6.08 Å².